The van der Waals surface area contributed by atoms with Gasteiger partial charge in [-0.3, -0.25) is 0 Å². The lowest BCUT2D eigenvalue weighted by atomic mass is 9.82. The van der Waals surface area contributed by atoms with Crippen molar-refractivity contribution in [1.82, 2.24) is 5.32 Å². The summed E-state index contributed by atoms with van der Waals surface area (Å²) in [4.78, 5) is 0. The molecular formula is C20H25NO2S. The highest BCUT2D eigenvalue weighted by atomic mass is 32.2. The molecule has 4 heteroatoms. The standard InChI is InChI=1S/C20H25NO2S/c1-19(2)17-12-7-8-13-18(17)20(24(19,22)23,14-9-15-21-3)16-10-5-4-6-11-16/h4-8,10-13,21H,9,14-15H2,1-3H3. The van der Waals surface area contributed by atoms with Crippen LogP contribution in [0.4, 0.5) is 0 Å². The molecule has 0 spiro atoms. The summed E-state index contributed by atoms with van der Waals surface area (Å²) in [6.45, 7) is 4.47. The zero-order valence-electron chi connectivity index (χ0n) is 14.5. The van der Waals surface area contributed by atoms with Crippen LogP contribution in [0.3, 0.4) is 0 Å². The van der Waals surface area contributed by atoms with Crippen molar-refractivity contribution in [3.8, 4) is 0 Å². The summed E-state index contributed by atoms with van der Waals surface area (Å²) < 4.78 is 25.7. The van der Waals surface area contributed by atoms with E-state index in [1.807, 2.05) is 75.5 Å². The first-order chi connectivity index (χ1) is 11.4. The van der Waals surface area contributed by atoms with Crippen molar-refractivity contribution in [1.29, 1.82) is 0 Å². The van der Waals surface area contributed by atoms with Gasteiger partial charge in [-0.05, 0) is 57.0 Å². The lowest BCUT2D eigenvalue weighted by Gasteiger charge is -2.33. The van der Waals surface area contributed by atoms with E-state index in [2.05, 4.69) is 5.32 Å². The minimum Gasteiger partial charge on any atom is -0.320 e. The predicted octanol–water partition coefficient (Wildman–Crippen LogP) is 3.59. The minimum atomic E-state index is -3.45. The van der Waals surface area contributed by atoms with Crippen molar-refractivity contribution in [3.05, 3.63) is 71.3 Å². The number of benzene rings is 2. The van der Waals surface area contributed by atoms with Crippen molar-refractivity contribution in [3.63, 3.8) is 0 Å². The highest BCUT2D eigenvalue weighted by Crippen LogP contribution is 2.57. The molecule has 2 aromatic rings. The normalized spacial score (nSPS) is 23.8. The molecular weight excluding hydrogens is 318 g/mol. The Morgan fingerprint density at radius 1 is 0.917 bits per heavy atom. The van der Waals surface area contributed by atoms with E-state index < -0.39 is 19.3 Å². The van der Waals surface area contributed by atoms with Gasteiger partial charge in [0.2, 0.25) is 0 Å². The summed E-state index contributed by atoms with van der Waals surface area (Å²) in [6.07, 6.45) is 1.38. The van der Waals surface area contributed by atoms with Crippen molar-refractivity contribution in [2.75, 3.05) is 13.6 Å². The Labute approximate surface area is 145 Å². The van der Waals surface area contributed by atoms with Gasteiger partial charge >= 0.3 is 0 Å². The molecule has 1 aliphatic rings. The van der Waals surface area contributed by atoms with E-state index in [9.17, 15) is 8.42 Å². The van der Waals surface area contributed by atoms with Gasteiger partial charge in [0.15, 0.2) is 9.84 Å². The largest absolute Gasteiger partial charge is 0.320 e. The topological polar surface area (TPSA) is 46.2 Å². The Bertz CT molecular complexity index is 828. The fourth-order valence-electron chi connectivity index (χ4n) is 4.03. The lowest BCUT2D eigenvalue weighted by molar-refractivity contribution is 0.511. The van der Waals surface area contributed by atoms with Crippen LogP contribution in [0.15, 0.2) is 54.6 Å². The van der Waals surface area contributed by atoms with Gasteiger partial charge in [-0.1, -0.05) is 54.6 Å². The number of hydrogen-bond donors (Lipinski definition) is 1. The molecule has 0 fully saturated rings. The lowest BCUT2D eigenvalue weighted by Crippen LogP contribution is -2.39. The van der Waals surface area contributed by atoms with Crippen molar-refractivity contribution in [2.45, 2.75) is 36.2 Å². The number of hydrogen-bond acceptors (Lipinski definition) is 3. The van der Waals surface area contributed by atoms with Gasteiger partial charge in [-0.2, -0.15) is 0 Å². The SMILES string of the molecule is CNCCCC1(c2ccccc2)c2ccccc2C(C)(C)S1(=O)=O. The second kappa shape index (κ2) is 6.01. The van der Waals surface area contributed by atoms with Crippen LogP contribution in [-0.2, 0) is 19.3 Å². The van der Waals surface area contributed by atoms with Crippen LogP contribution in [0.1, 0.15) is 43.4 Å². The van der Waals surface area contributed by atoms with E-state index in [1.165, 1.54) is 0 Å². The highest BCUT2D eigenvalue weighted by molar-refractivity contribution is 7.93. The molecule has 128 valence electrons. The summed E-state index contributed by atoms with van der Waals surface area (Å²) in [5, 5.41) is 3.14. The van der Waals surface area contributed by atoms with Crippen LogP contribution in [0.5, 0.6) is 0 Å². The van der Waals surface area contributed by atoms with Crippen LogP contribution in [0.2, 0.25) is 0 Å². The first kappa shape index (κ1) is 17.2. The maximum Gasteiger partial charge on any atom is 0.173 e. The van der Waals surface area contributed by atoms with Crippen LogP contribution in [0.25, 0.3) is 0 Å². The Morgan fingerprint density at radius 2 is 1.50 bits per heavy atom. The van der Waals surface area contributed by atoms with Crippen LogP contribution in [0, 0.1) is 0 Å². The Morgan fingerprint density at radius 3 is 2.12 bits per heavy atom. The van der Waals surface area contributed by atoms with E-state index in [-0.39, 0.29) is 0 Å². The van der Waals surface area contributed by atoms with E-state index in [0.29, 0.717) is 6.42 Å². The Kier molecular flexibility index (Phi) is 4.30. The molecule has 1 heterocycles. The molecule has 0 saturated heterocycles. The summed E-state index contributed by atoms with van der Waals surface area (Å²) in [5.74, 6) is 0. The number of fused-ring (bicyclic) bond motifs is 1. The average molecular weight is 343 g/mol. The fraction of sp³-hybridized carbons (Fsp3) is 0.400. The molecule has 0 bridgehead atoms. The predicted molar refractivity (Wildman–Crippen MR) is 98.8 cm³/mol. The third-order valence-corrected chi connectivity index (χ3v) is 8.48. The number of sulfone groups is 1. The molecule has 0 aromatic heterocycles. The second-order valence-electron chi connectivity index (χ2n) is 6.96. The first-order valence-corrected chi connectivity index (χ1v) is 9.92. The maximum absolute atomic E-state index is 13.8. The third-order valence-electron chi connectivity index (χ3n) is 5.34. The van der Waals surface area contributed by atoms with E-state index >= 15 is 0 Å². The summed E-state index contributed by atoms with van der Waals surface area (Å²) in [7, 11) is -1.55. The molecule has 1 atom stereocenters. The molecule has 0 aliphatic carbocycles. The van der Waals surface area contributed by atoms with Crippen molar-refractivity contribution >= 4 is 9.84 Å². The van der Waals surface area contributed by atoms with Crippen molar-refractivity contribution in [2.24, 2.45) is 0 Å². The molecule has 24 heavy (non-hydrogen) atoms. The zero-order valence-corrected chi connectivity index (χ0v) is 15.4. The van der Waals surface area contributed by atoms with Gasteiger partial charge in [-0.25, -0.2) is 8.42 Å². The average Bonchev–Trinajstić information content (AvgIpc) is 2.72. The zero-order chi connectivity index (χ0) is 17.4. The Hall–Kier alpha value is -1.65. The summed E-state index contributed by atoms with van der Waals surface area (Å²) in [6, 6.07) is 17.5. The van der Waals surface area contributed by atoms with Gasteiger partial charge in [0.1, 0.15) is 4.75 Å². The van der Waals surface area contributed by atoms with Gasteiger partial charge in [0.25, 0.3) is 0 Å². The molecule has 1 aliphatic heterocycles. The molecule has 1 N–H and O–H groups in total. The van der Waals surface area contributed by atoms with Gasteiger partial charge in [-0.15, -0.1) is 0 Å². The summed E-state index contributed by atoms with van der Waals surface area (Å²) >= 11 is 0. The second-order valence-corrected chi connectivity index (χ2v) is 9.68. The minimum absolute atomic E-state index is 0.584. The number of nitrogens with one attached hydrogen (secondary N) is 1. The molecule has 2 aromatic carbocycles. The quantitative estimate of drug-likeness (QED) is 0.844. The molecule has 0 saturated carbocycles. The van der Waals surface area contributed by atoms with E-state index in [1.54, 1.807) is 0 Å². The fourth-order valence-corrected chi connectivity index (χ4v) is 6.70. The van der Waals surface area contributed by atoms with Gasteiger partial charge in [0.05, 0.1) is 4.75 Å². The van der Waals surface area contributed by atoms with Crippen molar-refractivity contribution < 1.29 is 8.42 Å². The Balaban J connectivity index is 2.32. The molecule has 0 amide bonds. The molecule has 1 unspecified atom stereocenters. The smallest absolute Gasteiger partial charge is 0.173 e. The maximum atomic E-state index is 13.8. The van der Waals surface area contributed by atoms with Gasteiger partial charge in [0, 0.05) is 0 Å². The first-order valence-electron chi connectivity index (χ1n) is 8.44. The molecule has 3 nitrogen and oxygen atoms in total. The summed E-state index contributed by atoms with van der Waals surface area (Å²) in [5.41, 5.74) is 2.75. The molecule has 3 rings (SSSR count). The third kappa shape index (κ3) is 2.16. The highest BCUT2D eigenvalue weighted by Gasteiger charge is 2.61. The van der Waals surface area contributed by atoms with E-state index in [4.69, 9.17) is 0 Å². The number of rotatable bonds is 5. The monoisotopic (exact) mass is 343 g/mol. The van der Waals surface area contributed by atoms with Crippen LogP contribution in [-0.4, -0.2) is 22.0 Å². The van der Waals surface area contributed by atoms with Crippen LogP contribution >= 0.6 is 0 Å². The van der Waals surface area contributed by atoms with E-state index in [0.717, 1.165) is 29.7 Å². The molecule has 0 radical (unpaired) electrons. The van der Waals surface area contributed by atoms with Gasteiger partial charge < -0.3 is 5.32 Å². The van der Waals surface area contributed by atoms with Crippen LogP contribution < -0.4 is 5.32 Å².